The summed E-state index contributed by atoms with van der Waals surface area (Å²) in [6.45, 7) is 1.61. The lowest BCUT2D eigenvalue weighted by Crippen LogP contribution is -1.99. The molecule has 0 fully saturated rings. The van der Waals surface area contributed by atoms with Crippen LogP contribution in [0, 0.1) is 24.4 Å². The van der Waals surface area contributed by atoms with E-state index in [1.807, 2.05) is 0 Å². The van der Waals surface area contributed by atoms with Crippen molar-refractivity contribution in [1.82, 2.24) is 0 Å². The third kappa shape index (κ3) is 2.95. The summed E-state index contributed by atoms with van der Waals surface area (Å²) < 4.78 is 40.4. The van der Waals surface area contributed by atoms with Gasteiger partial charge in [0.05, 0.1) is 9.85 Å². The Morgan fingerprint density at radius 3 is 2.32 bits per heavy atom. The highest BCUT2D eigenvalue weighted by Gasteiger charge is 2.18. The molecular formula is C14H9BrClF3. The van der Waals surface area contributed by atoms with Crippen LogP contribution in [-0.2, 0) is 0 Å². The van der Waals surface area contributed by atoms with E-state index in [1.165, 1.54) is 12.1 Å². The lowest BCUT2D eigenvalue weighted by Gasteiger charge is -2.13. The van der Waals surface area contributed by atoms with Crippen molar-refractivity contribution in [3.63, 3.8) is 0 Å². The quantitative estimate of drug-likeness (QED) is 0.492. The van der Waals surface area contributed by atoms with Crippen LogP contribution >= 0.6 is 27.5 Å². The monoisotopic (exact) mass is 348 g/mol. The van der Waals surface area contributed by atoms with Gasteiger partial charge >= 0.3 is 0 Å². The van der Waals surface area contributed by atoms with Crippen molar-refractivity contribution < 1.29 is 13.2 Å². The molecule has 5 heteroatoms. The van der Waals surface area contributed by atoms with Gasteiger partial charge in [0.15, 0.2) is 0 Å². The molecule has 1 unspecified atom stereocenters. The van der Waals surface area contributed by atoms with Gasteiger partial charge in [-0.3, -0.25) is 0 Å². The van der Waals surface area contributed by atoms with Gasteiger partial charge in [-0.05, 0) is 36.2 Å². The van der Waals surface area contributed by atoms with Crippen molar-refractivity contribution in [3.05, 3.63) is 69.5 Å². The Kier molecular flexibility index (Phi) is 4.21. The predicted octanol–water partition coefficient (Wildman–Crippen LogP) is 5.55. The van der Waals surface area contributed by atoms with Crippen LogP contribution in [-0.4, -0.2) is 0 Å². The standard InChI is InChI=1S/C14H9BrClF3/c1-7-4-8(2-3-11(7)17)14(15)9-5-13(19)10(16)6-12(9)18/h2-6,14H,1H3. The molecule has 0 N–H and O–H groups in total. The molecule has 19 heavy (non-hydrogen) atoms. The average Bonchev–Trinajstić information content (AvgIpc) is 2.36. The van der Waals surface area contributed by atoms with Crippen LogP contribution in [0.15, 0.2) is 30.3 Å². The number of rotatable bonds is 2. The molecule has 1 atom stereocenters. The van der Waals surface area contributed by atoms with Crippen molar-refractivity contribution in [2.75, 3.05) is 0 Å². The van der Waals surface area contributed by atoms with Crippen molar-refractivity contribution >= 4 is 27.5 Å². The molecule has 0 heterocycles. The molecule has 0 spiro atoms. The van der Waals surface area contributed by atoms with Crippen LogP contribution in [0.25, 0.3) is 0 Å². The van der Waals surface area contributed by atoms with E-state index in [-0.39, 0.29) is 16.4 Å². The SMILES string of the molecule is Cc1cc(C(Br)c2cc(F)c(Cl)cc2F)ccc1F. The molecular weight excluding hydrogens is 341 g/mol. The third-order valence-corrected chi connectivity index (χ3v) is 4.10. The first-order valence-electron chi connectivity index (χ1n) is 5.44. The molecule has 0 amide bonds. The topological polar surface area (TPSA) is 0 Å². The summed E-state index contributed by atoms with van der Waals surface area (Å²) in [6.07, 6.45) is 0. The van der Waals surface area contributed by atoms with E-state index in [9.17, 15) is 13.2 Å². The van der Waals surface area contributed by atoms with Crippen LogP contribution < -0.4 is 0 Å². The molecule has 0 nitrogen and oxygen atoms in total. The van der Waals surface area contributed by atoms with Crippen LogP contribution in [0.3, 0.4) is 0 Å². The van der Waals surface area contributed by atoms with Crippen molar-refractivity contribution in [2.45, 2.75) is 11.8 Å². The third-order valence-electron chi connectivity index (χ3n) is 2.79. The van der Waals surface area contributed by atoms with E-state index in [2.05, 4.69) is 15.9 Å². The second kappa shape index (κ2) is 5.55. The first kappa shape index (κ1) is 14.4. The van der Waals surface area contributed by atoms with E-state index in [0.29, 0.717) is 11.1 Å². The minimum absolute atomic E-state index is 0.118. The van der Waals surface area contributed by atoms with Gasteiger partial charge in [-0.2, -0.15) is 0 Å². The highest BCUT2D eigenvalue weighted by Crippen LogP contribution is 2.35. The lowest BCUT2D eigenvalue weighted by molar-refractivity contribution is 0.588. The summed E-state index contributed by atoms with van der Waals surface area (Å²) in [4.78, 5) is -0.571. The van der Waals surface area contributed by atoms with Crippen molar-refractivity contribution in [2.24, 2.45) is 0 Å². The zero-order chi connectivity index (χ0) is 14.2. The Hall–Kier alpha value is -1.00. The Bertz CT molecular complexity index is 628. The van der Waals surface area contributed by atoms with E-state index in [1.54, 1.807) is 13.0 Å². The van der Waals surface area contributed by atoms with Crippen LogP contribution in [0.5, 0.6) is 0 Å². The second-order valence-electron chi connectivity index (χ2n) is 4.16. The molecule has 2 aromatic rings. The number of aryl methyl sites for hydroxylation is 1. The van der Waals surface area contributed by atoms with Crippen molar-refractivity contribution in [3.8, 4) is 0 Å². The molecule has 2 rings (SSSR count). The molecule has 0 aliphatic heterocycles. The van der Waals surface area contributed by atoms with E-state index < -0.39 is 16.5 Å². The molecule has 0 aromatic heterocycles. The molecule has 0 aliphatic carbocycles. The maximum absolute atomic E-state index is 13.8. The first-order valence-corrected chi connectivity index (χ1v) is 6.74. The molecule has 0 radical (unpaired) electrons. The van der Waals surface area contributed by atoms with Gasteiger partial charge in [-0.25, -0.2) is 13.2 Å². The number of benzene rings is 2. The zero-order valence-electron chi connectivity index (χ0n) is 9.85. The normalized spacial score (nSPS) is 12.5. The maximum atomic E-state index is 13.8. The summed E-state index contributed by atoms with van der Waals surface area (Å²) in [5.74, 6) is -1.65. The fourth-order valence-electron chi connectivity index (χ4n) is 1.74. The van der Waals surface area contributed by atoms with Gasteiger partial charge in [-0.15, -0.1) is 0 Å². The minimum atomic E-state index is -0.693. The van der Waals surface area contributed by atoms with Gasteiger partial charge in [0, 0.05) is 5.56 Å². The summed E-state index contributed by atoms with van der Waals surface area (Å²) in [7, 11) is 0. The summed E-state index contributed by atoms with van der Waals surface area (Å²) in [5.41, 5.74) is 1.20. The number of hydrogen-bond donors (Lipinski definition) is 0. The second-order valence-corrected chi connectivity index (χ2v) is 5.48. The Morgan fingerprint density at radius 2 is 1.68 bits per heavy atom. The molecule has 0 saturated heterocycles. The van der Waals surface area contributed by atoms with Crippen LogP contribution in [0.1, 0.15) is 21.5 Å². The predicted molar refractivity (Wildman–Crippen MR) is 73.3 cm³/mol. The van der Waals surface area contributed by atoms with Gasteiger partial charge in [0.1, 0.15) is 17.5 Å². The zero-order valence-corrected chi connectivity index (χ0v) is 12.2. The molecule has 2 aromatic carbocycles. The Balaban J connectivity index is 2.46. The Labute approximate surface area is 122 Å². The smallest absolute Gasteiger partial charge is 0.142 e. The van der Waals surface area contributed by atoms with Gasteiger partial charge in [-0.1, -0.05) is 39.7 Å². The number of hydrogen-bond acceptors (Lipinski definition) is 0. The van der Waals surface area contributed by atoms with Crippen LogP contribution in [0.2, 0.25) is 5.02 Å². The van der Waals surface area contributed by atoms with E-state index >= 15 is 0 Å². The maximum Gasteiger partial charge on any atom is 0.142 e. The van der Waals surface area contributed by atoms with Gasteiger partial charge < -0.3 is 0 Å². The fourth-order valence-corrected chi connectivity index (χ4v) is 2.52. The van der Waals surface area contributed by atoms with E-state index in [4.69, 9.17) is 11.6 Å². The Morgan fingerprint density at radius 1 is 1.00 bits per heavy atom. The summed E-state index contributed by atoms with van der Waals surface area (Å²) in [5, 5.41) is -0.267. The highest BCUT2D eigenvalue weighted by atomic mass is 79.9. The largest absolute Gasteiger partial charge is 0.207 e. The van der Waals surface area contributed by atoms with E-state index in [0.717, 1.165) is 12.1 Å². The first-order chi connectivity index (χ1) is 8.90. The van der Waals surface area contributed by atoms with Gasteiger partial charge in [0.25, 0.3) is 0 Å². The lowest BCUT2D eigenvalue weighted by atomic mass is 10.0. The number of halogens is 5. The number of alkyl halides is 1. The molecule has 0 saturated carbocycles. The average molecular weight is 350 g/mol. The van der Waals surface area contributed by atoms with Crippen LogP contribution in [0.4, 0.5) is 13.2 Å². The van der Waals surface area contributed by atoms with Gasteiger partial charge in [0.2, 0.25) is 0 Å². The highest BCUT2D eigenvalue weighted by molar-refractivity contribution is 9.09. The van der Waals surface area contributed by atoms with Crippen molar-refractivity contribution in [1.29, 1.82) is 0 Å². The molecule has 100 valence electrons. The summed E-state index contributed by atoms with van der Waals surface area (Å²) >= 11 is 8.79. The minimum Gasteiger partial charge on any atom is -0.207 e. The molecule has 0 bridgehead atoms. The molecule has 0 aliphatic rings. The summed E-state index contributed by atoms with van der Waals surface area (Å²) in [6, 6.07) is 6.37. The fraction of sp³-hybridized carbons (Fsp3) is 0.143.